The standard InChI is InChI=1S/C13H17NO3/c1-10-4-6-11(7-5-10)8-12(13(16)17-3)14(2)9-15/h4-7,9,12H,8H2,1-3H3/t12-/m0/s1/i9D. The van der Waals surface area contributed by atoms with Crippen LogP contribution >= 0.6 is 0 Å². The molecule has 0 aromatic heterocycles. The van der Waals surface area contributed by atoms with Crippen LogP contribution in [0.15, 0.2) is 24.3 Å². The molecule has 0 unspecified atom stereocenters. The number of esters is 1. The van der Waals surface area contributed by atoms with Crippen LogP contribution in [0.25, 0.3) is 0 Å². The van der Waals surface area contributed by atoms with Crippen molar-refractivity contribution in [3.8, 4) is 0 Å². The smallest absolute Gasteiger partial charge is 0.328 e. The zero-order valence-corrected chi connectivity index (χ0v) is 10.3. The van der Waals surface area contributed by atoms with Gasteiger partial charge in [0, 0.05) is 13.5 Å². The average Bonchev–Trinajstić information content (AvgIpc) is 2.36. The van der Waals surface area contributed by atoms with E-state index >= 15 is 0 Å². The Morgan fingerprint density at radius 2 is 2.12 bits per heavy atom. The first kappa shape index (κ1) is 11.6. The number of hydrogen-bond donors (Lipinski definition) is 0. The molecule has 0 saturated heterocycles. The lowest BCUT2D eigenvalue weighted by Gasteiger charge is -2.22. The molecule has 0 spiro atoms. The first-order chi connectivity index (χ1) is 8.45. The van der Waals surface area contributed by atoms with Gasteiger partial charge < -0.3 is 9.64 Å². The van der Waals surface area contributed by atoms with E-state index in [1.165, 1.54) is 14.2 Å². The summed E-state index contributed by atoms with van der Waals surface area (Å²) in [5.74, 6) is -0.515. The number of likely N-dealkylation sites (N-methyl/N-ethyl adjacent to an activating group) is 1. The third-order valence-electron chi connectivity index (χ3n) is 2.63. The van der Waals surface area contributed by atoms with Crippen LogP contribution in [0.5, 0.6) is 0 Å². The molecule has 0 radical (unpaired) electrons. The summed E-state index contributed by atoms with van der Waals surface area (Å²) in [5, 5.41) is 0. The van der Waals surface area contributed by atoms with Gasteiger partial charge in [-0.05, 0) is 12.5 Å². The Hall–Kier alpha value is -1.84. The van der Waals surface area contributed by atoms with Gasteiger partial charge in [0.05, 0.1) is 7.11 Å². The molecule has 0 bridgehead atoms. The molecule has 0 aliphatic rings. The molecule has 0 aliphatic carbocycles. The summed E-state index contributed by atoms with van der Waals surface area (Å²) in [5.41, 5.74) is 2.04. The minimum Gasteiger partial charge on any atom is -0.467 e. The molecule has 0 aliphatic heterocycles. The van der Waals surface area contributed by atoms with E-state index in [2.05, 4.69) is 4.74 Å². The summed E-state index contributed by atoms with van der Waals surface area (Å²) in [7, 11) is 2.69. The molecule has 0 N–H and O–H groups in total. The molecular formula is C13H17NO3. The van der Waals surface area contributed by atoms with Crippen molar-refractivity contribution in [2.24, 2.45) is 0 Å². The number of rotatable bonds is 4. The Kier molecular flexibility index (Phi) is 4.13. The van der Waals surface area contributed by atoms with Gasteiger partial charge in [-0.15, -0.1) is 0 Å². The van der Waals surface area contributed by atoms with Gasteiger partial charge in [-0.3, -0.25) is 4.79 Å². The van der Waals surface area contributed by atoms with Crippen LogP contribution in [0.4, 0.5) is 0 Å². The molecule has 0 fully saturated rings. The zero-order chi connectivity index (χ0) is 13.7. The predicted octanol–water partition coefficient (Wildman–Crippen LogP) is 1.17. The Morgan fingerprint density at radius 3 is 2.59 bits per heavy atom. The van der Waals surface area contributed by atoms with Gasteiger partial charge in [0.2, 0.25) is 6.39 Å². The van der Waals surface area contributed by atoms with Crippen molar-refractivity contribution in [1.29, 1.82) is 0 Å². The van der Waals surface area contributed by atoms with Crippen molar-refractivity contribution in [2.45, 2.75) is 19.4 Å². The fourth-order valence-corrected chi connectivity index (χ4v) is 1.53. The third-order valence-corrected chi connectivity index (χ3v) is 2.63. The fourth-order valence-electron chi connectivity index (χ4n) is 1.53. The third kappa shape index (κ3) is 3.59. The average molecular weight is 236 g/mol. The van der Waals surface area contributed by atoms with E-state index in [9.17, 15) is 9.59 Å². The summed E-state index contributed by atoms with van der Waals surface area (Å²) in [6, 6.07) is 6.90. The van der Waals surface area contributed by atoms with Crippen LogP contribution < -0.4 is 0 Å². The van der Waals surface area contributed by atoms with Crippen molar-refractivity contribution >= 4 is 12.4 Å². The maximum atomic E-state index is 11.6. The summed E-state index contributed by atoms with van der Waals surface area (Å²) in [6.07, 6.45) is -0.564. The Bertz CT molecular complexity index is 430. The molecule has 1 amide bonds. The van der Waals surface area contributed by atoms with E-state index in [0.717, 1.165) is 16.0 Å². The minimum absolute atomic E-state index is 0.341. The first-order valence-electron chi connectivity index (χ1n) is 5.82. The van der Waals surface area contributed by atoms with Gasteiger partial charge in [0.1, 0.15) is 7.41 Å². The van der Waals surface area contributed by atoms with Crippen LogP contribution in [0, 0.1) is 6.92 Å². The van der Waals surface area contributed by atoms with E-state index in [1.807, 2.05) is 31.2 Å². The van der Waals surface area contributed by atoms with E-state index in [4.69, 9.17) is 1.37 Å². The number of ether oxygens (including phenoxy) is 1. The van der Waals surface area contributed by atoms with E-state index in [0.29, 0.717) is 6.42 Å². The first-order valence-corrected chi connectivity index (χ1v) is 5.32. The highest BCUT2D eigenvalue weighted by Gasteiger charge is 2.23. The summed E-state index contributed by atoms with van der Waals surface area (Å²) >= 11 is 0. The molecule has 1 aromatic rings. The van der Waals surface area contributed by atoms with Crippen LogP contribution in [-0.4, -0.2) is 37.5 Å². The van der Waals surface area contributed by atoms with Crippen LogP contribution in [0.3, 0.4) is 0 Å². The number of hydrogen-bond acceptors (Lipinski definition) is 3. The van der Waals surface area contributed by atoms with Crippen molar-refractivity contribution in [1.82, 2.24) is 4.90 Å². The molecule has 92 valence electrons. The summed E-state index contributed by atoms with van der Waals surface area (Å²) in [6.45, 7) is 1.97. The van der Waals surface area contributed by atoms with Crippen molar-refractivity contribution < 1.29 is 15.7 Å². The van der Waals surface area contributed by atoms with E-state index < -0.39 is 18.4 Å². The number of carbonyl (C=O) groups excluding carboxylic acids is 2. The largest absolute Gasteiger partial charge is 0.467 e. The molecule has 17 heavy (non-hydrogen) atoms. The molecule has 0 heterocycles. The number of amides is 1. The SMILES string of the molecule is [2H]C(=O)N(C)[C@@H](Cc1ccc(C)cc1)C(=O)OC. The zero-order valence-electron chi connectivity index (χ0n) is 11.3. The maximum absolute atomic E-state index is 11.6. The highest BCUT2D eigenvalue weighted by Crippen LogP contribution is 2.10. The fraction of sp³-hybridized carbons (Fsp3) is 0.385. The maximum Gasteiger partial charge on any atom is 0.328 e. The second-order valence-electron chi connectivity index (χ2n) is 3.93. The van der Waals surface area contributed by atoms with Crippen LogP contribution in [0.1, 0.15) is 12.5 Å². The topological polar surface area (TPSA) is 46.6 Å². The lowest BCUT2D eigenvalue weighted by atomic mass is 10.0. The molecule has 4 heteroatoms. The summed E-state index contributed by atoms with van der Waals surface area (Å²) in [4.78, 5) is 23.7. The number of aryl methyl sites for hydroxylation is 1. The lowest BCUT2D eigenvalue weighted by molar-refractivity contribution is -0.148. The predicted molar refractivity (Wildman–Crippen MR) is 64.5 cm³/mol. The highest BCUT2D eigenvalue weighted by molar-refractivity contribution is 5.78. The number of methoxy groups -OCH3 is 1. The second kappa shape index (κ2) is 6.03. The Balaban J connectivity index is 2.88. The van der Waals surface area contributed by atoms with Gasteiger partial charge in [-0.1, -0.05) is 29.8 Å². The normalized spacial score (nSPS) is 12.5. The minimum atomic E-state index is -0.905. The van der Waals surface area contributed by atoms with E-state index in [1.54, 1.807) is 0 Å². The molecular weight excluding hydrogens is 218 g/mol. The molecule has 1 aromatic carbocycles. The monoisotopic (exact) mass is 236 g/mol. The van der Waals surface area contributed by atoms with Gasteiger partial charge >= 0.3 is 5.97 Å². The number of carbonyl (C=O) groups is 2. The Labute approximate surface area is 103 Å². The molecule has 0 saturated carbocycles. The lowest BCUT2D eigenvalue weighted by Crippen LogP contribution is -2.40. The molecule has 1 atom stereocenters. The number of benzene rings is 1. The van der Waals surface area contributed by atoms with E-state index in [-0.39, 0.29) is 0 Å². The quantitative estimate of drug-likeness (QED) is 0.582. The summed E-state index contributed by atoms with van der Waals surface area (Å²) < 4.78 is 11.7. The van der Waals surface area contributed by atoms with Crippen LogP contribution in [0.2, 0.25) is 0 Å². The molecule has 1 rings (SSSR count). The van der Waals surface area contributed by atoms with Gasteiger partial charge in [-0.2, -0.15) is 0 Å². The van der Waals surface area contributed by atoms with Gasteiger partial charge in [-0.25, -0.2) is 4.79 Å². The second-order valence-corrected chi connectivity index (χ2v) is 3.93. The van der Waals surface area contributed by atoms with Gasteiger partial charge in [0.25, 0.3) is 0 Å². The Morgan fingerprint density at radius 1 is 1.53 bits per heavy atom. The van der Waals surface area contributed by atoms with Crippen molar-refractivity contribution in [3.63, 3.8) is 0 Å². The molecule has 4 nitrogen and oxygen atoms in total. The number of nitrogens with zero attached hydrogens (tertiary/aromatic N) is 1. The van der Waals surface area contributed by atoms with Gasteiger partial charge in [0.15, 0.2) is 0 Å². The highest BCUT2D eigenvalue weighted by atomic mass is 16.5. The van der Waals surface area contributed by atoms with Crippen molar-refractivity contribution in [2.75, 3.05) is 14.2 Å². The van der Waals surface area contributed by atoms with Crippen LogP contribution in [-0.2, 0) is 20.7 Å². The van der Waals surface area contributed by atoms with Crippen molar-refractivity contribution in [3.05, 3.63) is 35.4 Å².